The van der Waals surface area contributed by atoms with E-state index in [0.717, 1.165) is 23.7 Å². The Hall–Kier alpha value is -3.64. The highest BCUT2D eigenvalue weighted by atomic mass is 32.1. The summed E-state index contributed by atoms with van der Waals surface area (Å²) in [5.41, 5.74) is 6.99. The zero-order chi connectivity index (χ0) is 24.4. The highest BCUT2D eigenvalue weighted by Crippen LogP contribution is 2.43. The molecule has 4 aromatic rings. The number of anilines is 1. The van der Waals surface area contributed by atoms with Crippen LogP contribution in [0.1, 0.15) is 47.2 Å². The van der Waals surface area contributed by atoms with Gasteiger partial charge in [0.15, 0.2) is 5.11 Å². The second-order valence-electron chi connectivity index (χ2n) is 8.82. The van der Waals surface area contributed by atoms with Gasteiger partial charge in [0.1, 0.15) is 5.75 Å². The topological polar surface area (TPSA) is 42.3 Å². The van der Waals surface area contributed by atoms with Gasteiger partial charge in [0, 0.05) is 29.8 Å². The van der Waals surface area contributed by atoms with Crippen LogP contribution in [-0.4, -0.2) is 21.3 Å². The smallest absolute Gasteiger partial charge is 0.174 e. The van der Waals surface area contributed by atoms with Crippen LogP contribution in [0.3, 0.4) is 0 Å². The van der Waals surface area contributed by atoms with Crippen LogP contribution in [0.5, 0.6) is 5.75 Å². The molecule has 0 spiro atoms. The first-order valence-electron chi connectivity index (χ1n) is 12.0. The van der Waals surface area contributed by atoms with Gasteiger partial charge >= 0.3 is 0 Å². The van der Waals surface area contributed by atoms with Crippen molar-refractivity contribution < 1.29 is 4.74 Å². The minimum atomic E-state index is -0.0686. The van der Waals surface area contributed by atoms with Crippen molar-refractivity contribution in [2.24, 2.45) is 0 Å². The number of nitrogens with zero attached hydrogens (tertiary/aromatic N) is 3. The van der Waals surface area contributed by atoms with E-state index in [9.17, 15) is 0 Å². The predicted molar refractivity (Wildman–Crippen MR) is 145 cm³/mol. The first-order valence-corrected chi connectivity index (χ1v) is 12.4. The fourth-order valence-corrected chi connectivity index (χ4v) is 5.30. The fourth-order valence-electron chi connectivity index (χ4n) is 4.96. The number of aromatic nitrogens is 2. The van der Waals surface area contributed by atoms with Gasteiger partial charge in [0.2, 0.25) is 0 Å². The Kier molecular flexibility index (Phi) is 6.55. The molecule has 178 valence electrons. The molecule has 0 saturated carbocycles. The maximum absolute atomic E-state index is 5.90. The van der Waals surface area contributed by atoms with E-state index in [4.69, 9.17) is 17.0 Å². The third-order valence-corrected chi connectivity index (χ3v) is 6.95. The monoisotopic (exact) mass is 482 g/mol. The van der Waals surface area contributed by atoms with Gasteiger partial charge < -0.3 is 19.5 Å². The van der Waals surface area contributed by atoms with Gasteiger partial charge in [-0.25, -0.2) is 0 Å². The largest absolute Gasteiger partial charge is 0.494 e. The Morgan fingerprint density at radius 1 is 0.971 bits per heavy atom. The SMILES string of the molecule is CCOc1ccc(N2C(=S)NC(c3ccccn3)C2c2cc(C)n(Cc3ccccc3)c2C)cc1. The molecule has 0 bridgehead atoms. The van der Waals surface area contributed by atoms with Crippen LogP contribution in [-0.2, 0) is 6.54 Å². The summed E-state index contributed by atoms with van der Waals surface area (Å²) in [6, 6.07) is 27.0. The molecule has 2 atom stereocenters. The van der Waals surface area contributed by atoms with Crippen molar-refractivity contribution in [2.45, 2.75) is 39.4 Å². The summed E-state index contributed by atoms with van der Waals surface area (Å²) in [6.45, 7) is 7.85. The van der Waals surface area contributed by atoms with E-state index in [1.54, 1.807) is 0 Å². The molecule has 1 aliphatic rings. The third-order valence-electron chi connectivity index (χ3n) is 6.64. The van der Waals surface area contributed by atoms with Gasteiger partial charge in [0.05, 0.1) is 24.4 Å². The van der Waals surface area contributed by atoms with Crippen molar-refractivity contribution in [1.29, 1.82) is 0 Å². The lowest BCUT2D eigenvalue weighted by atomic mass is 9.96. The van der Waals surface area contributed by atoms with Crippen LogP contribution in [0.15, 0.2) is 85.1 Å². The maximum atomic E-state index is 5.90. The summed E-state index contributed by atoms with van der Waals surface area (Å²) in [4.78, 5) is 6.91. The van der Waals surface area contributed by atoms with Crippen LogP contribution in [0.25, 0.3) is 0 Å². The van der Waals surface area contributed by atoms with Crippen LogP contribution in [0, 0.1) is 13.8 Å². The Balaban J connectivity index is 1.59. The van der Waals surface area contributed by atoms with Crippen LogP contribution in [0.2, 0.25) is 0 Å². The van der Waals surface area contributed by atoms with Crippen molar-refractivity contribution in [3.63, 3.8) is 0 Å². The van der Waals surface area contributed by atoms with E-state index in [1.165, 1.54) is 22.5 Å². The van der Waals surface area contributed by atoms with Gasteiger partial charge in [-0.2, -0.15) is 0 Å². The minimum absolute atomic E-state index is 0.0360. The van der Waals surface area contributed by atoms with Crippen LogP contribution >= 0.6 is 12.2 Å². The lowest BCUT2D eigenvalue weighted by Crippen LogP contribution is -2.29. The first kappa shape index (κ1) is 23.1. The first-order chi connectivity index (χ1) is 17.1. The molecule has 5 rings (SSSR count). The van der Waals surface area contributed by atoms with Gasteiger partial charge in [-0.3, -0.25) is 4.98 Å². The summed E-state index contributed by atoms with van der Waals surface area (Å²) in [5.74, 6) is 0.855. The maximum Gasteiger partial charge on any atom is 0.174 e. The molecular weight excluding hydrogens is 452 g/mol. The van der Waals surface area contributed by atoms with Crippen LogP contribution in [0.4, 0.5) is 5.69 Å². The Morgan fingerprint density at radius 3 is 2.40 bits per heavy atom. The van der Waals surface area contributed by atoms with E-state index < -0.39 is 0 Å². The van der Waals surface area contributed by atoms with Crippen molar-refractivity contribution in [3.8, 4) is 5.75 Å². The molecule has 6 heteroatoms. The minimum Gasteiger partial charge on any atom is -0.494 e. The van der Waals surface area contributed by atoms with E-state index in [0.29, 0.717) is 11.7 Å². The number of hydrogen-bond acceptors (Lipinski definition) is 3. The quantitative estimate of drug-likeness (QED) is 0.321. The van der Waals surface area contributed by atoms with E-state index in [-0.39, 0.29) is 12.1 Å². The van der Waals surface area contributed by atoms with E-state index in [1.807, 2.05) is 37.4 Å². The average molecular weight is 483 g/mol. The number of rotatable bonds is 7. The van der Waals surface area contributed by atoms with Crippen molar-refractivity contribution in [2.75, 3.05) is 11.5 Å². The molecule has 1 saturated heterocycles. The summed E-state index contributed by atoms with van der Waals surface area (Å²) >= 11 is 5.90. The summed E-state index contributed by atoms with van der Waals surface area (Å²) in [7, 11) is 0. The molecule has 35 heavy (non-hydrogen) atoms. The molecular formula is C29H30N4OS. The van der Waals surface area contributed by atoms with E-state index in [2.05, 4.69) is 88.2 Å². The van der Waals surface area contributed by atoms with Gasteiger partial charge in [-0.15, -0.1) is 0 Å². The predicted octanol–water partition coefficient (Wildman–Crippen LogP) is 6.12. The Labute approximate surface area is 212 Å². The second-order valence-corrected chi connectivity index (χ2v) is 9.21. The average Bonchev–Trinajstić information content (AvgIpc) is 3.37. The van der Waals surface area contributed by atoms with E-state index >= 15 is 0 Å². The van der Waals surface area contributed by atoms with Crippen molar-refractivity contribution in [1.82, 2.24) is 14.9 Å². The number of nitrogens with one attached hydrogen (secondary N) is 1. The Morgan fingerprint density at radius 2 is 1.71 bits per heavy atom. The second kappa shape index (κ2) is 9.92. The summed E-state index contributed by atoms with van der Waals surface area (Å²) in [6.07, 6.45) is 1.84. The Bertz CT molecular complexity index is 1300. The standard InChI is InChI=1S/C29H30N4OS/c1-4-34-24-15-13-23(14-16-24)33-28(27(31-29(33)35)26-12-8-9-17-30-26)25-18-20(2)32(21(25)3)19-22-10-6-5-7-11-22/h5-18,27-28H,4,19H2,1-3H3,(H,31,35). The highest BCUT2D eigenvalue weighted by molar-refractivity contribution is 7.80. The van der Waals surface area contributed by atoms with Gasteiger partial charge in [0.25, 0.3) is 0 Å². The lowest BCUT2D eigenvalue weighted by Gasteiger charge is -2.28. The molecule has 0 amide bonds. The third kappa shape index (κ3) is 4.54. The van der Waals surface area contributed by atoms with Gasteiger partial charge in [-0.1, -0.05) is 36.4 Å². The van der Waals surface area contributed by atoms with Crippen LogP contribution < -0.4 is 15.0 Å². The molecule has 0 aliphatic carbocycles. The van der Waals surface area contributed by atoms with Crippen molar-refractivity contribution in [3.05, 3.63) is 113 Å². The van der Waals surface area contributed by atoms with Gasteiger partial charge in [-0.05, 0) is 86.6 Å². The number of hydrogen-bond donors (Lipinski definition) is 1. The number of benzene rings is 2. The molecule has 2 aromatic carbocycles. The molecule has 1 aliphatic heterocycles. The molecule has 2 aromatic heterocycles. The zero-order valence-electron chi connectivity index (χ0n) is 20.3. The number of pyridine rings is 1. The lowest BCUT2D eigenvalue weighted by molar-refractivity contribution is 0.340. The summed E-state index contributed by atoms with van der Waals surface area (Å²) in [5, 5.41) is 4.26. The molecule has 1 fully saturated rings. The molecule has 2 unspecified atom stereocenters. The molecule has 5 nitrogen and oxygen atoms in total. The normalized spacial score (nSPS) is 17.5. The zero-order valence-corrected chi connectivity index (χ0v) is 21.1. The highest BCUT2D eigenvalue weighted by Gasteiger charge is 2.42. The number of aryl methyl sites for hydroxylation is 1. The van der Waals surface area contributed by atoms with Crippen molar-refractivity contribution >= 4 is 23.0 Å². The number of thiocarbonyl (C=S) groups is 1. The molecule has 0 radical (unpaired) electrons. The number of ether oxygens (including phenoxy) is 1. The molecule has 1 N–H and O–H groups in total. The fraction of sp³-hybridized carbons (Fsp3) is 0.241. The molecule has 3 heterocycles. The summed E-state index contributed by atoms with van der Waals surface area (Å²) < 4.78 is 8.05.